The van der Waals surface area contributed by atoms with Gasteiger partial charge in [-0.1, -0.05) is 35.3 Å². The number of sulfonamides is 1. The third-order valence-corrected chi connectivity index (χ3v) is 8.18. The molecule has 0 unspecified atom stereocenters. The van der Waals surface area contributed by atoms with E-state index in [-0.39, 0.29) is 32.6 Å². The van der Waals surface area contributed by atoms with E-state index in [0.29, 0.717) is 49.2 Å². The van der Waals surface area contributed by atoms with E-state index in [1.165, 1.54) is 10.4 Å². The molecule has 1 aliphatic rings. The van der Waals surface area contributed by atoms with Crippen LogP contribution in [0.15, 0.2) is 41.3 Å². The summed E-state index contributed by atoms with van der Waals surface area (Å²) in [5.41, 5.74) is 12.3. The summed E-state index contributed by atoms with van der Waals surface area (Å²) >= 11 is 12.1. The minimum Gasteiger partial charge on any atom is -0.492 e. The van der Waals surface area contributed by atoms with Crippen LogP contribution in [0.2, 0.25) is 10.0 Å². The number of nitrogens with zero attached hydrogens (tertiary/aromatic N) is 3. The van der Waals surface area contributed by atoms with E-state index < -0.39 is 10.0 Å². The predicted molar refractivity (Wildman–Crippen MR) is 122 cm³/mol. The van der Waals surface area contributed by atoms with Gasteiger partial charge in [-0.3, -0.25) is 0 Å². The van der Waals surface area contributed by atoms with E-state index in [1.54, 1.807) is 24.3 Å². The van der Waals surface area contributed by atoms with E-state index in [0.717, 1.165) is 0 Å². The molecule has 0 bridgehead atoms. The monoisotopic (exact) mass is 481 g/mol. The summed E-state index contributed by atoms with van der Waals surface area (Å²) in [6.45, 7) is 1.17. The number of anilines is 2. The van der Waals surface area contributed by atoms with Gasteiger partial charge in [0.1, 0.15) is 16.5 Å². The maximum absolute atomic E-state index is 13.0. The minimum atomic E-state index is -3.71. The number of hydrogen-bond acceptors (Lipinski definition) is 7. The third-order valence-electron chi connectivity index (χ3n) is 5.31. The number of nitrogens with two attached hydrogens (primary N) is 2. The zero-order valence-electron chi connectivity index (χ0n) is 16.5. The van der Waals surface area contributed by atoms with Crippen LogP contribution in [0.4, 0.5) is 11.8 Å². The second-order valence-corrected chi connectivity index (χ2v) is 10.0. The molecule has 8 nitrogen and oxygen atoms in total. The number of fused-ring (bicyclic) bond motifs is 1. The van der Waals surface area contributed by atoms with Crippen LogP contribution in [0, 0.1) is 5.92 Å². The highest BCUT2D eigenvalue weighted by Crippen LogP contribution is 2.33. The van der Waals surface area contributed by atoms with Crippen LogP contribution in [-0.2, 0) is 10.0 Å². The molecular weight excluding hydrogens is 461 g/mol. The first kappa shape index (κ1) is 21.9. The fraction of sp³-hybridized carbons (Fsp3) is 0.300. The summed E-state index contributed by atoms with van der Waals surface area (Å²) in [7, 11) is -3.71. The van der Waals surface area contributed by atoms with E-state index >= 15 is 0 Å². The van der Waals surface area contributed by atoms with Crippen molar-refractivity contribution in [3.05, 3.63) is 46.4 Å². The van der Waals surface area contributed by atoms with Crippen molar-refractivity contribution in [1.29, 1.82) is 0 Å². The number of benzene rings is 2. The Hall–Kier alpha value is -2.33. The molecule has 0 atom stereocenters. The number of rotatable bonds is 5. The summed E-state index contributed by atoms with van der Waals surface area (Å²) in [5.74, 6) is 1.14. The molecule has 0 aliphatic carbocycles. The summed E-state index contributed by atoms with van der Waals surface area (Å²) in [4.78, 5) is 8.22. The Kier molecular flexibility index (Phi) is 6.11. The largest absolute Gasteiger partial charge is 0.492 e. The molecule has 4 rings (SSSR count). The van der Waals surface area contributed by atoms with E-state index in [9.17, 15) is 8.42 Å². The quantitative estimate of drug-likeness (QED) is 0.570. The molecule has 1 aromatic heterocycles. The standard InChI is InChI=1S/C20H21Cl2N5O3S/c21-13-3-1-6-16(18(13)22)31(28,29)27-9-7-12(8-10-27)11-30-15-5-2-4-14-17(15)19(23)26-20(24)25-14/h1-6,12H,7-11H2,(H4,23,24,25,26). The first-order chi connectivity index (χ1) is 14.8. The Balaban J connectivity index is 1.42. The average molecular weight is 482 g/mol. The number of ether oxygens (including phenoxy) is 1. The lowest BCUT2D eigenvalue weighted by Crippen LogP contribution is -2.39. The van der Waals surface area contributed by atoms with Gasteiger partial charge in [-0.15, -0.1) is 0 Å². The lowest BCUT2D eigenvalue weighted by atomic mass is 9.99. The molecule has 0 saturated carbocycles. The maximum Gasteiger partial charge on any atom is 0.244 e. The molecule has 1 saturated heterocycles. The van der Waals surface area contributed by atoms with Gasteiger partial charge in [0.05, 0.1) is 27.6 Å². The first-order valence-corrected chi connectivity index (χ1v) is 11.9. The van der Waals surface area contributed by atoms with Gasteiger partial charge >= 0.3 is 0 Å². The Morgan fingerprint density at radius 1 is 1.06 bits per heavy atom. The Labute approximate surface area is 190 Å². The van der Waals surface area contributed by atoms with Crippen molar-refractivity contribution in [2.45, 2.75) is 17.7 Å². The van der Waals surface area contributed by atoms with Gasteiger partial charge < -0.3 is 16.2 Å². The number of hydrogen-bond donors (Lipinski definition) is 2. The van der Waals surface area contributed by atoms with Crippen molar-refractivity contribution in [3.8, 4) is 5.75 Å². The van der Waals surface area contributed by atoms with Crippen molar-refractivity contribution in [3.63, 3.8) is 0 Å². The van der Waals surface area contributed by atoms with Gasteiger partial charge in [-0.05, 0) is 43.0 Å². The Morgan fingerprint density at radius 3 is 2.52 bits per heavy atom. The lowest BCUT2D eigenvalue weighted by Gasteiger charge is -2.31. The zero-order chi connectivity index (χ0) is 22.2. The zero-order valence-corrected chi connectivity index (χ0v) is 18.8. The van der Waals surface area contributed by atoms with E-state index in [1.807, 2.05) is 6.07 Å². The molecule has 4 N–H and O–H groups in total. The number of nitrogen functional groups attached to an aromatic ring is 2. The molecule has 164 valence electrons. The summed E-state index contributed by atoms with van der Waals surface area (Å²) < 4.78 is 33.4. The molecule has 0 radical (unpaired) electrons. The molecule has 1 fully saturated rings. The fourth-order valence-electron chi connectivity index (χ4n) is 3.66. The molecule has 3 aromatic rings. The molecule has 2 heterocycles. The van der Waals surface area contributed by atoms with Gasteiger partial charge in [0.15, 0.2) is 0 Å². The van der Waals surface area contributed by atoms with Gasteiger partial charge in [0.25, 0.3) is 0 Å². The Bertz CT molecular complexity index is 1230. The minimum absolute atomic E-state index is 0.0295. The average Bonchev–Trinajstić information content (AvgIpc) is 2.74. The van der Waals surface area contributed by atoms with E-state index in [2.05, 4.69) is 9.97 Å². The van der Waals surface area contributed by atoms with Crippen molar-refractivity contribution in [1.82, 2.24) is 14.3 Å². The maximum atomic E-state index is 13.0. The topological polar surface area (TPSA) is 124 Å². The first-order valence-electron chi connectivity index (χ1n) is 9.66. The van der Waals surface area contributed by atoms with Gasteiger partial charge in [-0.25, -0.2) is 13.4 Å². The van der Waals surface area contributed by atoms with Crippen molar-refractivity contribution in [2.75, 3.05) is 31.2 Å². The van der Waals surface area contributed by atoms with E-state index in [4.69, 9.17) is 39.4 Å². The highest BCUT2D eigenvalue weighted by molar-refractivity contribution is 7.89. The second kappa shape index (κ2) is 8.66. The van der Waals surface area contributed by atoms with Crippen molar-refractivity contribution >= 4 is 55.9 Å². The van der Waals surface area contributed by atoms with Crippen molar-refractivity contribution < 1.29 is 13.2 Å². The van der Waals surface area contributed by atoms with Crippen LogP contribution in [0.5, 0.6) is 5.75 Å². The number of aromatic nitrogens is 2. The molecule has 2 aromatic carbocycles. The van der Waals surface area contributed by atoms with Crippen LogP contribution in [0.25, 0.3) is 10.9 Å². The second-order valence-electron chi connectivity index (χ2n) is 7.33. The lowest BCUT2D eigenvalue weighted by molar-refractivity contribution is 0.186. The summed E-state index contributed by atoms with van der Waals surface area (Å²) in [6, 6.07) is 10.0. The molecule has 0 amide bonds. The van der Waals surface area contributed by atoms with Crippen molar-refractivity contribution in [2.24, 2.45) is 5.92 Å². The Morgan fingerprint density at radius 2 is 1.77 bits per heavy atom. The summed E-state index contributed by atoms with van der Waals surface area (Å²) in [6.07, 6.45) is 1.31. The molecule has 11 heteroatoms. The highest BCUT2D eigenvalue weighted by Gasteiger charge is 2.31. The SMILES string of the molecule is Nc1nc(N)c2c(OCC3CCN(S(=O)(=O)c4cccc(Cl)c4Cl)CC3)cccc2n1. The fourth-order valence-corrected chi connectivity index (χ4v) is 5.87. The van der Waals surface area contributed by atoms with Crippen LogP contribution in [0.1, 0.15) is 12.8 Å². The molecule has 0 spiro atoms. The van der Waals surface area contributed by atoms with Crippen LogP contribution < -0.4 is 16.2 Å². The van der Waals surface area contributed by atoms with Crippen LogP contribution >= 0.6 is 23.2 Å². The van der Waals surface area contributed by atoms with Crippen LogP contribution in [-0.4, -0.2) is 42.4 Å². The highest BCUT2D eigenvalue weighted by atomic mass is 35.5. The molecule has 31 heavy (non-hydrogen) atoms. The number of piperidine rings is 1. The van der Waals surface area contributed by atoms with Gasteiger partial charge in [-0.2, -0.15) is 9.29 Å². The molecular formula is C20H21Cl2N5O3S. The van der Waals surface area contributed by atoms with Crippen LogP contribution in [0.3, 0.4) is 0 Å². The third kappa shape index (κ3) is 4.36. The molecule has 1 aliphatic heterocycles. The summed E-state index contributed by atoms with van der Waals surface area (Å²) in [5, 5.41) is 0.879. The smallest absolute Gasteiger partial charge is 0.244 e. The van der Waals surface area contributed by atoms with Gasteiger partial charge in [0, 0.05) is 13.1 Å². The number of halogens is 2. The normalized spacial score (nSPS) is 15.9. The predicted octanol–water partition coefficient (Wildman–Crippen LogP) is 3.58. The van der Waals surface area contributed by atoms with Gasteiger partial charge in [0.2, 0.25) is 16.0 Å².